The summed E-state index contributed by atoms with van der Waals surface area (Å²) in [6, 6.07) is 0.398. The van der Waals surface area contributed by atoms with Gasteiger partial charge in [-0.1, -0.05) is 32.1 Å². The van der Waals surface area contributed by atoms with Gasteiger partial charge in [0.15, 0.2) is 0 Å². The van der Waals surface area contributed by atoms with E-state index in [1.54, 1.807) is 11.3 Å². The fourth-order valence-electron chi connectivity index (χ4n) is 3.46. The van der Waals surface area contributed by atoms with Crippen molar-refractivity contribution in [1.82, 2.24) is 9.88 Å². The maximum absolute atomic E-state index is 10.4. The van der Waals surface area contributed by atoms with E-state index in [9.17, 15) is 5.11 Å². The van der Waals surface area contributed by atoms with Crippen molar-refractivity contribution in [3.05, 3.63) is 21.3 Å². The molecule has 1 saturated carbocycles. The Balaban J connectivity index is 1.79. The molecule has 2 N–H and O–H groups in total. The molecule has 1 aromatic rings. The van der Waals surface area contributed by atoms with Crippen LogP contribution in [0.25, 0.3) is 5.57 Å². The zero-order chi connectivity index (χ0) is 15.7. The molecule has 0 spiro atoms. The van der Waals surface area contributed by atoms with Crippen LogP contribution in [0.15, 0.2) is 5.76 Å². The lowest BCUT2D eigenvalue weighted by molar-refractivity contribution is 0.253. The summed E-state index contributed by atoms with van der Waals surface area (Å²) in [5.74, 6) is 0.789. The highest BCUT2D eigenvalue weighted by molar-refractivity contribution is 7.13. The molecule has 2 aliphatic rings. The second-order valence-corrected chi connectivity index (χ2v) is 7.66. The van der Waals surface area contributed by atoms with Gasteiger partial charge in [-0.25, -0.2) is 4.98 Å². The summed E-state index contributed by atoms with van der Waals surface area (Å²) in [5, 5.41) is 19.7. The van der Waals surface area contributed by atoms with E-state index >= 15 is 0 Å². The summed E-state index contributed by atoms with van der Waals surface area (Å²) in [7, 11) is 0. The number of aliphatic hydroxyl groups is 1. The average molecular weight is 319 g/mol. The number of thiazole rings is 1. The molecule has 120 valence electrons. The summed E-state index contributed by atoms with van der Waals surface area (Å²) in [6.45, 7) is 4.51. The predicted molar refractivity (Wildman–Crippen MR) is 91.7 cm³/mol. The zero-order valence-electron chi connectivity index (χ0n) is 13.5. The highest BCUT2D eigenvalue weighted by atomic mass is 32.1. The van der Waals surface area contributed by atoms with Crippen LogP contribution in [-0.4, -0.2) is 33.4 Å². The van der Waals surface area contributed by atoms with Gasteiger partial charge < -0.3 is 10.0 Å². The fourth-order valence-corrected chi connectivity index (χ4v) is 4.44. The van der Waals surface area contributed by atoms with Crippen LogP contribution in [-0.2, 0) is 0 Å². The van der Waals surface area contributed by atoms with Crippen LogP contribution in [0, 0.1) is 19.3 Å². The van der Waals surface area contributed by atoms with E-state index in [0.29, 0.717) is 29.8 Å². The van der Waals surface area contributed by atoms with Gasteiger partial charge in [0.2, 0.25) is 0 Å². The standard InChI is InChI=1S/C17H25N3OS/c1-11-12(2)22-17(19-11)15-14(21)10-20(16(15)18)13-8-6-4-3-5-7-9-13/h13,18,21H,3-10H2,1-2H3. The van der Waals surface area contributed by atoms with E-state index in [1.807, 2.05) is 13.8 Å². The summed E-state index contributed by atoms with van der Waals surface area (Å²) in [4.78, 5) is 7.80. The van der Waals surface area contributed by atoms with Crippen molar-refractivity contribution in [2.75, 3.05) is 6.54 Å². The second-order valence-electron chi connectivity index (χ2n) is 6.46. The molecule has 0 atom stereocenters. The lowest BCUT2D eigenvalue weighted by atomic mass is 9.95. The Bertz CT molecular complexity index is 578. The molecular weight excluding hydrogens is 294 g/mol. The topological polar surface area (TPSA) is 60.2 Å². The SMILES string of the molecule is Cc1nc(C2=C(O)CN(C3CCCCCCC3)C2=N)sc1C. The van der Waals surface area contributed by atoms with Gasteiger partial charge >= 0.3 is 0 Å². The van der Waals surface area contributed by atoms with Crippen LogP contribution in [0.4, 0.5) is 0 Å². The van der Waals surface area contributed by atoms with Crippen molar-refractivity contribution in [2.24, 2.45) is 0 Å². The Morgan fingerprint density at radius 3 is 2.36 bits per heavy atom. The van der Waals surface area contributed by atoms with Gasteiger partial charge in [0.25, 0.3) is 0 Å². The number of aliphatic hydroxyl groups excluding tert-OH is 1. The minimum absolute atomic E-state index is 0.320. The molecule has 1 aromatic heterocycles. The van der Waals surface area contributed by atoms with Crippen molar-refractivity contribution in [1.29, 1.82) is 5.41 Å². The number of hydrogen-bond donors (Lipinski definition) is 2. The Kier molecular flexibility index (Phi) is 4.52. The van der Waals surface area contributed by atoms with Gasteiger partial charge in [-0.2, -0.15) is 0 Å². The van der Waals surface area contributed by atoms with Gasteiger partial charge in [-0.05, 0) is 26.7 Å². The summed E-state index contributed by atoms with van der Waals surface area (Å²) in [5.41, 5.74) is 1.65. The molecule has 0 bridgehead atoms. The molecule has 3 rings (SSSR count). The normalized spacial score (nSPS) is 21.4. The molecule has 1 fully saturated rings. The fraction of sp³-hybridized carbons (Fsp3) is 0.647. The van der Waals surface area contributed by atoms with E-state index in [-0.39, 0.29) is 0 Å². The monoisotopic (exact) mass is 319 g/mol. The Morgan fingerprint density at radius 2 is 1.77 bits per heavy atom. The van der Waals surface area contributed by atoms with E-state index in [1.165, 1.54) is 32.1 Å². The number of aryl methyl sites for hydroxylation is 2. The molecule has 0 unspecified atom stereocenters. The third kappa shape index (κ3) is 2.91. The number of nitrogens with one attached hydrogen (secondary N) is 1. The third-order valence-corrected chi connectivity index (χ3v) is 5.98. The first-order chi connectivity index (χ1) is 10.6. The molecule has 0 saturated heterocycles. The minimum atomic E-state index is 0.320. The molecule has 22 heavy (non-hydrogen) atoms. The van der Waals surface area contributed by atoms with Crippen LogP contribution in [0.5, 0.6) is 0 Å². The Morgan fingerprint density at radius 1 is 1.14 bits per heavy atom. The quantitative estimate of drug-likeness (QED) is 0.847. The van der Waals surface area contributed by atoms with E-state index in [4.69, 9.17) is 5.41 Å². The van der Waals surface area contributed by atoms with Gasteiger partial charge in [0, 0.05) is 10.9 Å². The molecule has 0 radical (unpaired) electrons. The van der Waals surface area contributed by atoms with Crippen LogP contribution < -0.4 is 0 Å². The van der Waals surface area contributed by atoms with Crippen LogP contribution in [0.1, 0.15) is 60.5 Å². The summed E-state index contributed by atoms with van der Waals surface area (Å²) >= 11 is 1.58. The van der Waals surface area contributed by atoms with Gasteiger partial charge in [-0.3, -0.25) is 5.41 Å². The van der Waals surface area contributed by atoms with E-state index in [2.05, 4.69) is 9.88 Å². The van der Waals surface area contributed by atoms with Gasteiger partial charge in [-0.15, -0.1) is 11.3 Å². The van der Waals surface area contributed by atoms with Crippen molar-refractivity contribution < 1.29 is 5.11 Å². The highest BCUT2D eigenvalue weighted by Crippen LogP contribution is 2.34. The smallest absolute Gasteiger partial charge is 0.135 e. The van der Waals surface area contributed by atoms with E-state index in [0.717, 1.165) is 28.4 Å². The van der Waals surface area contributed by atoms with Crippen molar-refractivity contribution >= 4 is 22.7 Å². The summed E-state index contributed by atoms with van der Waals surface area (Å²) < 4.78 is 0. The second kappa shape index (κ2) is 6.41. The first-order valence-electron chi connectivity index (χ1n) is 8.30. The van der Waals surface area contributed by atoms with Gasteiger partial charge in [0.1, 0.15) is 16.6 Å². The lowest BCUT2D eigenvalue weighted by Gasteiger charge is -2.31. The van der Waals surface area contributed by atoms with Crippen molar-refractivity contribution in [3.63, 3.8) is 0 Å². The molecule has 4 nitrogen and oxygen atoms in total. The number of amidine groups is 1. The first-order valence-corrected chi connectivity index (χ1v) is 9.11. The van der Waals surface area contributed by atoms with Crippen molar-refractivity contribution in [2.45, 2.75) is 64.8 Å². The number of aromatic nitrogens is 1. The molecule has 5 heteroatoms. The lowest BCUT2D eigenvalue weighted by Crippen LogP contribution is -2.37. The largest absolute Gasteiger partial charge is 0.510 e. The maximum atomic E-state index is 10.4. The molecule has 1 aliphatic heterocycles. The van der Waals surface area contributed by atoms with Crippen LogP contribution in [0.2, 0.25) is 0 Å². The molecule has 1 aliphatic carbocycles. The number of hydrogen-bond acceptors (Lipinski definition) is 4. The van der Waals surface area contributed by atoms with Crippen LogP contribution in [0.3, 0.4) is 0 Å². The Labute approximate surface area is 136 Å². The highest BCUT2D eigenvalue weighted by Gasteiger charge is 2.34. The van der Waals surface area contributed by atoms with Crippen molar-refractivity contribution in [3.8, 4) is 0 Å². The third-order valence-electron chi connectivity index (χ3n) is 4.89. The number of rotatable bonds is 2. The predicted octanol–water partition coefficient (Wildman–Crippen LogP) is 4.43. The van der Waals surface area contributed by atoms with Crippen LogP contribution >= 0.6 is 11.3 Å². The van der Waals surface area contributed by atoms with E-state index < -0.39 is 0 Å². The van der Waals surface area contributed by atoms with Gasteiger partial charge in [0.05, 0.1) is 17.8 Å². The average Bonchev–Trinajstić information content (AvgIpc) is 2.90. The maximum Gasteiger partial charge on any atom is 0.135 e. The minimum Gasteiger partial charge on any atom is -0.510 e. The Hall–Kier alpha value is -1.36. The number of nitrogens with zero attached hydrogens (tertiary/aromatic N) is 2. The first kappa shape index (κ1) is 15.5. The molecular formula is C17H25N3OS. The molecule has 2 heterocycles. The molecule has 0 amide bonds. The summed E-state index contributed by atoms with van der Waals surface area (Å²) in [6.07, 6.45) is 8.69. The molecule has 0 aromatic carbocycles. The zero-order valence-corrected chi connectivity index (χ0v) is 14.3.